The third kappa shape index (κ3) is 3.49. The number of carbonyl (C=O) groups is 2. The van der Waals surface area contributed by atoms with Crippen molar-refractivity contribution in [3.63, 3.8) is 0 Å². The van der Waals surface area contributed by atoms with Crippen LogP contribution >= 0.6 is 0 Å². The first-order chi connectivity index (χ1) is 11.6. The maximum atomic E-state index is 14.4. The van der Waals surface area contributed by atoms with Gasteiger partial charge in [-0.25, -0.2) is 9.18 Å². The Kier molecular flexibility index (Phi) is 4.96. The van der Waals surface area contributed by atoms with Crippen LogP contribution in [0.1, 0.15) is 18.6 Å². The standard InChI is InChI=1S/C16H20FN3O4/c1-10(21)19-7-11-9-20(16(22)24-11)13-4-2-3-12(17)15(13)14-8-18-5-6-23-14/h2-4,11,14,18H,5-9H2,1H3,(H,19,21). The first-order valence-electron chi connectivity index (χ1n) is 7.89. The monoisotopic (exact) mass is 337 g/mol. The highest BCUT2D eigenvalue weighted by atomic mass is 19.1. The molecule has 0 aliphatic carbocycles. The minimum absolute atomic E-state index is 0.197. The lowest BCUT2D eigenvalue weighted by Crippen LogP contribution is -2.36. The lowest BCUT2D eigenvalue weighted by atomic mass is 10.0. The summed E-state index contributed by atoms with van der Waals surface area (Å²) in [4.78, 5) is 24.6. The number of nitrogens with one attached hydrogen (secondary N) is 2. The van der Waals surface area contributed by atoms with E-state index in [-0.39, 0.29) is 19.0 Å². The van der Waals surface area contributed by atoms with E-state index in [9.17, 15) is 14.0 Å². The van der Waals surface area contributed by atoms with E-state index in [1.165, 1.54) is 17.9 Å². The molecule has 8 heteroatoms. The summed E-state index contributed by atoms with van der Waals surface area (Å²) in [6.45, 7) is 3.54. The average Bonchev–Trinajstić information content (AvgIpc) is 2.94. The maximum absolute atomic E-state index is 14.4. The minimum atomic E-state index is -0.555. The van der Waals surface area contributed by atoms with Crippen LogP contribution in [0.15, 0.2) is 18.2 Å². The first-order valence-corrected chi connectivity index (χ1v) is 7.89. The molecule has 0 aromatic heterocycles. The number of hydrogen-bond donors (Lipinski definition) is 2. The van der Waals surface area contributed by atoms with Gasteiger partial charge in [-0.3, -0.25) is 9.69 Å². The van der Waals surface area contributed by atoms with E-state index in [1.807, 2.05) is 0 Å². The van der Waals surface area contributed by atoms with Gasteiger partial charge in [0.15, 0.2) is 0 Å². The molecule has 2 unspecified atom stereocenters. The van der Waals surface area contributed by atoms with Gasteiger partial charge in [-0.2, -0.15) is 0 Å². The molecule has 130 valence electrons. The second kappa shape index (κ2) is 7.14. The zero-order chi connectivity index (χ0) is 17.1. The van der Waals surface area contributed by atoms with Crippen molar-refractivity contribution >= 4 is 17.7 Å². The molecule has 2 fully saturated rings. The fourth-order valence-electron chi connectivity index (χ4n) is 2.91. The van der Waals surface area contributed by atoms with Crippen molar-refractivity contribution in [3.05, 3.63) is 29.6 Å². The van der Waals surface area contributed by atoms with Crippen molar-refractivity contribution in [1.29, 1.82) is 0 Å². The third-order valence-electron chi connectivity index (χ3n) is 4.02. The summed E-state index contributed by atoms with van der Waals surface area (Å²) in [5.74, 6) is -0.614. The van der Waals surface area contributed by atoms with Gasteiger partial charge in [0.2, 0.25) is 5.91 Å². The van der Waals surface area contributed by atoms with Crippen molar-refractivity contribution in [3.8, 4) is 0 Å². The van der Waals surface area contributed by atoms with E-state index in [2.05, 4.69) is 10.6 Å². The van der Waals surface area contributed by atoms with Crippen LogP contribution in [0.5, 0.6) is 0 Å². The van der Waals surface area contributed by atoms with Crippen molar-refractivity contribution in [2.45, 2.75) is 19.1 Å². The Labute approximate surface area is 139 Å². The lowest BCUT2D eigenvalue weighted by molar-refractivity contribution is -0.119. The largest absolute Gasteiger partial charge is 0.442 e. The van der Waals surface area contributed by atoms with Gasteiger partial charge in [0.05, 0.1) is 31.5 Å². The molecule has 1 aromatic rings. The van der Waals surface area contributed by atoms with Crippen LogP contribution in [0.4, 0.5) is 14.9 Å². The van der Waals surface area contributed by atoms with E-state index in [1.54, 1.807) is 12.1 Å². The predicted molar refractivity (Wildman–Crippen MR) is 84.3 cm³/mol. The summed E-state index contributed by atoms with van der Waals surface area (Å²) >= 11 is 0. The zero-order valence-electron chi connectivity index (χ0n) is 13.4. The summed E-state index contributed by atoms with van der Waals surface area (Å²) in [5, 5.41) is 5.78. The van der Waals surface area contributed by atoms with Crippen LogP contribution in [0.2, 0.25) is 0 Å². The molecule has 0 radical (unpaired) electrons. The van der Waals surface area contributed by atoms with Crippen LogP contribution in [0.25, 0.3) is 0 Å². The summed E-state index contributed by atoms with van der Waals surface area (Å²) in [5.41, 5.74) is 0.792. The number of benzene rings is 1. The molecule has 2 atom stereocenters. The van der Waals surface area contributed by atoms with Gasteiger partial charge in [-0.05, 0) is 12.1 Å². The Morgan fingerprint density at radius 1 is 1.50 bits per heavy atom. The van der Waals surface area contributed by atoms with Crippen LogP contribution < -0.4 is 15.5 Å². The Hall–Kier alpha value is -2.19. The highest BCUT2D eigenvalue weighted by Crippen LogP contribution is 2.34. The fraction of sp³-hybridized carbons (Fsp3) is 0.500. The van der Waals surface area contributed by atoms with Gasteiger partial charge in [-0.1, -0.05) is 6.07 Å². The van der Waals surface area contributed by atoms with Gasteiger partial charge in [-0.15, -0.1) is 0 Å². The Morgan fingerprint density at radius 2 is 2.33 bits per heavy atom. The van der Waals surface area contributed by atoms with Gasteiger partial charge in [0.25, 0.3) is 0 Å². The molecule has 2 aliphatic rings. The minimum Gasteiger partial charge on any atom is -0.442 e. The van der Waals surface area contributed by atoms with Crippen molar-refractivity contribution in [1.82, 2.24) is 10.6 Å². The molecule has 2 heterocycles. The number of hydrogen-bond acceptors (Lipinski definition) is 5. The van der Waals surface area contributed by atoms with E-state index < -0.39 is 24.1 Å². The highest BCUT2D eigenvalue weighted by Gasteiger charge is 2.35. The SMILES string of the molecule is CC(=O)NCC1CN(c2cccc(F)c2C2CNCCO2)C(=O)O1. The molecule has 2 aliphatic heterocycles. The van der Waals surface area contributed by atoms with Crippen LogP contribution in [-0.2, 0) is 14.3 Å². The van der Waals surface area contributed by atoms with E-state index in [0.29, 0.717) is 30.9 Å². The van der Waals surface area contributed by atoms with Crippen molar-refractivity contribution in [2.75, 3.05) is 37.7 Å². The second-order valence-electron chi connectivity index (χ2n) is 5.79. The molecule has 0 saturated carbocycles. The molecular weight excluding hydrogens is 317 g/mol. The molecule has 1 aromatic carbocycles. The van der Waals surface area contributed by atoms with Crippen LogP contribution in [-0.4, -0.2) is 50.9 Å². The number of amides is 2. The number of cyclic esters (lactones) is 1. The van der Waals surface area contributed by atoms with E-state index in [4.69, 9.17) is 9.47 Å². The first kappa shape index (κ1) is 16.7. The normalized spacial score (nSPS) is 23.9. The summed E-state index contributed by atoms with van der Waals surface area (Å²) in [6.07, 6.45) is -1.49. The molecule has 7 nitrogen and oxygen atoms in total. The zero-order valence-corrected chi connectivity index (χ0v) is 13.4. The lowest BCUT2D eigenvalue weighted by Gasteiger charge is -2.28. The number of morpholine rings is 1. The highest BCUT2D eigenvalue weighted by molar-refractivity contribution is 5.91. The predicted octanol–water partition coefficient (Wildman–Crippen LogP) is 0.948. The molecular formula is C16H20FN3O4. The summed E-state index contributed by atoms with van der Waals surface area (Å²) < 4.78 is 25.3. The smallest absolute Gasteiger partial charge is 0.414 e. The third-order valence-corrected chi connectivity index (χ3v) is 4.02. The number of carbonyl (C=O) groups excluding carboxylic acids is 2. The van der Waals surface area contributed by atoms with E-state index >= 15 is 0 Å². The average molecular weight is 337 g/mol. The second-order valence-corrected chi connectivity index (χ2v) is 5.79. The topological polar surface area (TPSA) is 79.9 Å². The number of nitrogens with zero attached hydrogens (tertiary/aromatic N) is 1. The fourth-order valence-corrected chi connectivity index (χ4v) is 2.91. The molecule has 2 amide bonds. The van der Waals surface area contributed by atoms with Crippen molar-refractivity contribution in [2.24, 2.45) is 0 Å². The summed E-state index contributed by atoms with van der Waals surface area (Å²) in [6, 6.07) is 4.59. The molecule has 0 bridgehead atoms. The van der Waals surface area contributed by atoms with Gasteiger partial charge in [0, 0.05) is 25.6 Å². The molecule has 0 spiro atoms. The maximum Gasteiger partial charge on any atom is 0.414 e. The number of anilines is 1. The molecule has 24 heavy (non-hydrogen) atoms. The Balaban J connectivity index is 1.82. The number of rotatable bonds is 4. The van der Waals surface area contributed by atoms with Crippen LogP contribution in [0, 0.1) is 5.82 Å². The molecule has 3 rings (SSSR count). The Morgan fingerprint density at radius 3 is 3.04 bits per heavy atom. The molecule has 2 saturated heterocycles. The quantitative estimate of drug-likeness (QED) is 0.855. The van der Waals surface area contributed by atoms with Gasteiger partial charge < -0.3 is 20.1 Å². The summed E-state index contributed by atoms with van der Waals surface area (Å²) in [7, 11) is 0. The van der Waals surface area contributed by atoms with Crippen LogP contribution in [0.3, 0.4) is 0 Å². The van der Waals surface area contributed by atoms with Gasteiger partial charge in [0.1, 0.15) is 11.9 Å². The number of halogens is 1. The Bertz CT molecular complexity index is 634. The van der Waals surface area contributed by atoms with Gasteiger partial charge >= 0.3 is 6.09 Å². The number of ether oxygens (including phenoxy) is 2. The van der Waals surface area contributed by atoms with E-state index in [0.717, 1.165) is 0 Å². The molecule has 2 N–H and O–H groups in total. The van der Waals surface area contributed by atoms with Crippen molar-refractivity contribution < 1.29 is 23.5 Å².